The van der Waals surface area contributed by atoms with Crippen molar-refractivity contribution in [2.24, 2.45) is 5.73 Å². The summed E-state index contributed by atoms with van der Waals surface area (Å²) in [6.45, 7) is 3.51. The fraction of sp³-hybridized carbons (Fsp3) is 0.432. The Morgan fingerprint density at radius 1 is 0.513 bits per heavy atom. The average Bonchev–Trinajstić information content (AvgIpc) is 1.74. The van der Waals surface area contributed by atoms with Gasteiger partial charge in [-0.05, 0) is 89.0 Å². The second kappa shape index (κ2) is 44.9. The van der Waals surface area contributed by atoms with Crippen molar-refractivity contribution in [3.05, 3.63) is 197 Å². The number of carbonyl (C=O) groups excluding carboxylic acids is 8. The number of nitrogens with one attached hydrogen (secondary N) is 6. The van der Waals surface area contributed by atoms with Gasteiger partial charge in [-0.25, -0.2) is 19.2 Å². The zero-order valence-corrected chi connectivity index (χ0v) is 63.3. The Morgan fingerprint density at radius 2 is 0.861 bits per heavy atom. The third kappa shape index (κ3) is 27.7. The Hall–Kier alpha value is -11.4. The molecule has 40 nitrogen and oxygen atoms in total. The number of aromatic nitrogens is 8. The number of nitrogen functional groups attached to an aromatic ring is 2. The minimum absolute atomic E-state index is 0.0138. The Labute approximate surface area is 670 Å². The number of amides is 6. The number of aliphatic hydroxyl groups excluding tert-OH is 3. The molecule has 0 bridgehead atoms. The number of hydrogen-bond acceptors (Lipinski definition) is 30. The number of aliphatic hydroxyl groups is 3. The summed E-state index contributed by atoms with van der Waals surface area (Å²) in [7, 11) is -2.98. The largest absolute Gasteiger partial charge is 0.461 e. The monoisotopic (exact) mass is 1630 g/mol. The third-order valence-corrected chi connectivity index (χ3v) is 17.6. The van der Waals surface area contributed by atoms with Crippen molar-refractivity contribution in [2.75, 3.05) is 76.8 Å². The van der Waals surface area contributed by atoms with Gasteiger partial charge in [-0.1, -0.05) is 36.4 Å². The van der Waals surface area contributed by atoms with Crippen molar-refractivity contribution in [1.82, 2.24) is 59.5 Å². The quantitative estimate of drug-likeness (QED) is 0.0254. The normalized spacial score (nSPS) is 22.5. The molecule has 0 aliphatic carbocycles. The van der Waals surface area contributed by atoms with E-state index in [1.54, 1.807) is 60.7 Å². The summed E-state index contributed by atoms with van der Waals surface area (Å²) >= 11 is 5.20. The standard InChI is InChI=1S/C25H31N5O8.C20H24N4O6.C12H18N4O4.C9H14N4O3.C8H7ClO2/c1-15(31)27-18-12-22(38-19(18)14-36-3)30-11-10-20(29-25(30)35)28-24(34)17-6-4-16(5-7-17)13-37-23(33)9-8-21(32)26-2;1-12(26)21-15-9-18(30-16(15)11-29-2)24-8-7-17(23-20(24)28)22-19(27)14-5-3-13(10-25)4-6-14;1-7(17)14-8-5-11(20-9(8)6-19-2)16-4-3-10(13)15-12(16)18;10-5-3-8(16-6(5)4-14)13-2-1-7(11)12-9(13)15;9-8(11)7-3-1-6(5-10)2-4-7/h4-7,10-11,18-19,22H,8-9,12-14H2,1-3H3,(H,26,32)(H,27,31)(H,28,29,34,35);3-8,15-16,18,25H,9-11H2,1-2H3,(H,21,26)(H,22,23,27,28);3-4,8-9,11H,5-6H2,1-2H3,(H,14,17)(H2,13,15,18);1-2,5-6,8,14H,3-4,10H2,(H2,11,12,15);1-4,10H,5H2/t18-,19-,22-;15-,16-,18-;8-,9-,11-;5-,6-,8-;/m1111./s1/i3TD;2*2TD;;/t3?,18-,19-,22-;2?,15-,16-,18-;2?,8-,9-,11-;m;. The van der Waals surface area contributed by atoms with Crippen LogP contribution in [0.1, 0.15) is 140 Å². The lowest BCUT2D eigenvalue weighted by Crippen LogP contribution is -2.41. The number of nitrogens with zero attached hydrogens (tertiary/aromatic N) is 8. The molecule has 4 aliphatic heterocycles. The van der Waals surface area contributed by atoms with E-state index in [0.717, 1.165) is 5.56 Å². The lowest BCUT2D eigenvalue weighted by atomic mass is 10.1. The van der Waals surface area contributed by atoms with Gasteiger partial charge in [0.15, 0.2) is 0 Å². The van der Waals surface area contributed by atoms with E-state index in [0.29, 0.717) is 35.1 Å². The summed E-state index contributed by atoms with van der Waals surface area (Å²) < 4.78 is 90.6. The van der Waals surface area contributed by atoms with Crippen LogP contribution in [0.15, 0.2) is 141 Å². The van der Waals surface area contributed by atoms with Crippen LogP contribution >= 0.6 is 11.6 Å². The smallest absolute Gasteiger partial charge is 0.351 e. The molecule has 3 aromatic carbocycles. The van der Waals surface area contributed by atoms with E-state index in [-0.39, 0.29) is 136 Å². The minimum atomic E-state index is -1.52. The van der Waals surface area contributed by atoms with Crippen LogP contribution in [0.25, 0.3) is 0 Å². The highest BCUT2D eigenvalue weighted by atomic mass is 35.5. The number of halogens is 1. The molecule has 4 aliphatic rings. The summed E-state index contributed by atoms with van der Waals surface area (Å²) in [6.07, 6.45) is 2.19. The molecule has 4 aromatic heterocycles. The maximum atomic E-state index is 12.7. The highest BCUT2D eigenvalue weighted by Gasteiger charge is 2.40. The Morgan fingerprint density at radius 3 is 1.18 bits per heavy atom. The third-order valence-electron chi connectivity index (χ3n) is 17.4. The van der Waals surface area contributed by atoms with Crippen LogP contribution in [0.4, 0.5) is 23.3 Å². The summed E-state index contributed by atoms with van der Waals surface area (Å²) in [4.78, 5) is 156. The molecule has 0 radical (unpaired) electrons. The summed E-state index contributed by atoms with van der Waals surface area (Å²) in [5.74, 6) is -2.22. The number of anilines is 4. The van der Waals surface area contributed by atoms with E-state index in [4.69, 9.17) is 90.2 Å². The van der Waals surface area contributed by atoms with E-state index in [1.807, 2.05) is 0 Å². The van der Waals surface area contributed by atoms with Crippen LogP contribution in [0.3, 0.4) is 0 Å². The molecule has 4 fully saturated rings. The van der Waals surface area contributed by atoms with E-state index in [9.17, 15) is 57.5 Å². The van der Waals surface area contributed by atoms with Crippen LogP contribution in [0, 0.1) is 0 Å². The van der Waals surface area contributed by atoms with E-state index in [2.05, 4.69) is 51.8 Å². The molecule has 41 heteroatoms. The first-order valence-electron chi connectivity index (χ1n) is 38.7. The van der Waals surface area contributed by atoms with Crippen molar-refractivity contribution in [3.63, 3.8) is 0 Å². The molecule has 0 spiro atoms. The first-order valence-corrected chi connectivity index (χ1v) is 35.6. The number of ether oxygens (including phenoxy) is 8. The molecule has 620 valence electrons. The van der Waals surface area contributed by atoms with Gasteiger partial charge in [0.05, 0.1) is 78.5 Å². The molecule has 8 heterocycles. The number of benzene rings is 3. The van der Waals surface area contributed by atoms with Crippen LogP contribution in [-0.2, 0) is 81.7 Å². The molecular weight excluding hydrogens is 1530 g/mol. The summed E-state index contributed by atoms with van der Waals surface area (Å²) in [5.41, 5.74) is 17.3. The summed E-state index contributed by atoms with van der Waals surface area (Å²) in [5, 5.41) is 41.9. The molecule has 15 N–H and O–H groups in total. The van der Waals surface area contributed by atoms with Crippen LogP contribution in [0.2, 0.25) is 0 Å². The Balaban J connectivity index is 0.000000221. The molecular formula is C74H94ClN17O23. The van der Waals surface area contributed by atoms with Crippen molar-refractivity contribution in [1.29, 1.82) is 0 Å². The van der Waals surface area contributed by atoms with E-state index >= 15 is 0 Å². The van der Waals surface area contributed by atoms with Gasteiger partial charge in [0, 0.05) is 129 Å². The number of esters is 1. The van der Waals surface area contributed by atoms with Gasteiger partial charge >= 0.3 is 28.7 Å². The molecule has 4 saturated heterocycles. The fourth-order valence-electron chi connectivity index (χ4n) is 11.7. The number of hydrogen-bond donors (Lipinski definition) is 12. The first-order chi connectivity index (χ1) is 57.5. The van der Waals surface area contributed by atoms with Gasteiger partial charge in [-0.2, -0.15) is 19.9 Å². The predicted molar refractivity (Wildman–Crippen MR) is 411 cm³/mol. The number of nitrogens with two attached hydrogens (primary N) is 3. The van der Waals surface area contributed by atoms with Crippen molar-refractivity contribution >= 4 is 81.5 Å². The highest BCUT2D eigenvalue weighted by Crippen LogP contribution is 2.32. The van der Waals surface area contributed by atoms with Gasteiger partial charge in [-0.15, -0.1) is 0 Å². The van der Waals surface area contributed by atoms with E-state index < -0.39 is 128 Å². The second-order valence-corrected chi connectivity index (χ2v) is 26.1. The number of carbonyl (C=O) groups is 8. The van der Waals surface area contributed by atoms with E-state index in [1.165, 1.54) is 107 Å². The van der Waals surface area contributed by atoms with Crippen molar-refractivity contribution in [2.45, 2.75) is 153 Å². The fourth-order valence-corrected chi connectivity index (χ4v) is 11.8. The second-order valence-electron chi connectivity index (χ2n) is 25.7. The Bertz CT molecular complexity index is 4890. The molecule has 6 amide bonds. The predicted octanol–water partition coefficient (Wildman–Crippen LogP) is 0.185. The molecule has 3 unspecified atom stereocenters. The first kappa shape index (κ1) is 81.6. The number of methoxy groups -OCH3 is 3. The topological polar surface area (TPSA) is 561 Å². The average molecular weight is 1630 g/mol. The zero-order chi connectivity index (χ0) is 88.7. The van der Waals surface area contributed by atoms with Gasteiger partial charge in [-0.3, -0.25) is 56.6 Å². The van der Waals surface area contributed by atoms with Gasteiger partial charge in [0.1, 0.15) is 73.1 Å². The molecule has 115 heavy (non-hydrogen) atoms. The molecule has 11 rings (SSSR count). The van der Waals surface area contributed by atoms with Crippen molar-refractivity contribution in [3.8, 4) is 0 Å². The molecule has 7 aromatic rings. The molecule has 0 saturated carbocycles. The van der Waals surface area contributed by atoms with Gasteiger partial charge in [0.25, 0.3) is 17.1 Å². The lowest BCUT2D eigenvalue weighted by Gasteiger charge is -2.17. The van der Waals surface area contributed by atoms with Crippen molar-refractivity contribution < 1.29 is 99.8 Å². The van der Waals surface area contributed by atoms with Gasteiger partial charge < -0.3 is 102 Å². The number of rotatable bonds is 26. The zero-order valence-electron chi connectivity index (χ0n) is 68.6. The SMILES string of the molecule is Nc1ccn([C@H]2C[C@@H](N)[C@@H](CO)O2)c(=O)n1.O=C(Cl)c1ccc(CO)cc1.[2H]C([3H])OC[C@H]1O[C@@H](n2ccc(N)nc2=O)C[C@H]1NC(C)=O.[2H]C([3H])OC[C@H]1O[C@@H](n2ccc(NC(=O)c3ccc(CO)cc3)nc2=O)C[C@H]1NC(C)=O.[2H]C([3H])OC[C@H]1O[C@@H](n2ccc(NC(=O)c3ccc(COC(=O)CCC(=O)NC)cc3)nc2=O)C[C@H]1NC(C)=O. The summed E-state index contributed by atoms with van der Waals surface area (Å²) in [6, 6.07) is 23.4. The van der Waals surface area contributed by atoms with Crippen LogP contribution in [-0.4, -0.2) is 203 Å². The van der Waals surface area contributed by atoms with Crippen LogP contribution in [0.5, 0.6) is 0 Å². The molecule has 15 atom stereocenters. The lowest BCUT2D eigenvalue weighted by molar-refractivity contribution is -0.146. The maximum absolute atomic E-state index is 12.7. The Kier molecular flexibility index (Phi) is 31.8. The highest BCUT2D eigenvalue weighted by molar-refractivity contribution is 6.67. The van der Waals surface area contributed by atoms with Crippen LogP contribution < -0.4 is 71.9 Å². The minimum Gasteiger partial charge on any atom is -0.461 e. The maximum Gasteiger partial charge on any atom is 0.351 e. The van der Waals surface area contributed by atoms with Gasteiger partial charge in [0.2, 0.25) is 23.6 Å².